The minimum Gasteiger partial charge on any atom is -0.466 e. The number of methoxy groups -OCH3 is 1. The third-order valence-electron chi connectivity index (χ3n) is 2.65. The summed E-state index contributed by atoms with van der Waals surface area (Å²) in [5, 5.41) is 9.84. The average molecular weight is 202 g/mol. The van der Waals surface area contributed by atoms with E-state index in [-0.39, 0.29) is 12.1 Å². The topological polar surface area (TPSA) is 55.8 Å². The summed E-state index contributed by atoms with van der Waals surface area (Å²) in [5.41, 5.74) is -0.701. The highest BCUT2D eigenvalue weighted by Gasteiger charge is 2.42. The number of hydrogen-bond donors (Lipinski definition) is 1. The molecule has 1 rings (SSSR count). The van der Waals surface area contributed by atoms with Crippen molar-refractivity contribution in [3.63, 3.8) is 0 Å². The lowest BCUT2D eigenvalue weighted by Crippen LogP contribution is -2.48. The van der Waals surface area contributed by atoms with Crippen molar-refractivity contribution >= 4 is 5.97 Å². The minimum absolute atomic E-state index is 0.155. The summed E-state index contributed by atoms with van der Waals surface area (Å²) in [6.45, 7) is 2.18. The summed E-state index contributed by atoms with van der Waals surface area (Å²) >= 11 is 0. The average Bonchev–Trinajstić information content (AvgIpc) is 2.11. The van der Waals surface area contributed by atoms with E-state index in [0.717, 1.165) is 0 Å². The molecule has 4 heteroatoms. The maximum absolute atomic E-state index is 11.0. The van der Waals surface area contributed by atoms with Crippen molar-refractivity contribution in [1.29, 1.82) is 0 Å². The molecule has 0 aliphatic heterocycles. The standard InChI is InChI=1S/C10H18O4/c1-3-14-9(11)4-5-10(12)6-8(7-10)13-2/h8,12H,3-7H2,1-2H3. The first-order valence-electron chi connectivity index (χ1n) is 5.00. The molecule has 1 fully saturated rings. The number of rotatable bonds is 5. The number of ether oxygens (including phenoxy) is 2. The molecule has 0 radical (unpaired) electrons. The maximum Gasteiger partial charge on any atom is 0.305 e. The fourth-order valence-corrected chi connectivity index (χ4v) is 1.73. The number of esters is 1. The van der Waals surface area contributed by atoms with E-state index in [1.165, 1.54) is 0 Å². The minimum atomic E-state index is -0.701. The van der Waals surface area contributed by atoms with Crippen molar-refractivity contribution < 1.29 is 19.4 Å². The van der Waals surface area contributed by atoms with Crippen LogP contribution in [0.5, 0.6) is 0 Å². The maximum atomic E-state index is 11.0. The summed E-state index contributed by atoms with van der Waals surface area (Å²) in [6.07, 6.45) is 2.18. The first-order valence-corrected chi connectivity index (χ1v) is 5.00. The first kappa shape index (κ1) is 11.5. The van der Waals surface area contributed by atoms with E-state index in [4.69, 9.17) is 9.47 Å². The SMILES string of the molecule is CCOC(=O)CCC1(O)CC(OC)C1. The smallest absolute Gasteiger partial charge is 0.305 e. The van der Waals surface area contributed by atoms with Gasteiger partial charge in [0.15, 0.2) is 0 Å². The van der Waals surface area contributed by atoms with Crippen LogP contribution in [0.4, 0.5) is 0 Å². The van der Waals surface area contributed by atoms with E-state index in [2.05, 4.69) is 0 Å². The number of aliphatic hydroxyl groups is 1. The summed E-state index contributed by atoms with van der Waals surface area (Å²) in [5.74, 6) is -0.234. The monoisotopic (exact) mass is 202 g/mol. The molecular weight excluding hydrogens is 184 g/mol. The van der Waals surface area contributed by atoms with Crippen LogP contribution in [-0.4, -0.2) is 36.5 Å². The van der Waals surface area contributed by atoms with Gasteiger partial charge in [-0.05, 0) is 13.3 Å². The summed E-state index contributed by atoms with van der Waals surface area (Å²) in [7, 11) is 1.63. The molecule has 0 bridgehead atoms. The molecule has 0 saturated heterocycles. The third kappa shape index (κ3) is 2.96. The molecule has 0 heterocycles. The molecule has 0 aromatic rings. The molecule has 14 heavy (non-hydrogen) atoms. The molecule has 0 unspecified atom stereocenters. The Morgan fingerprint density at radius 1 is 1.57 bits per heavy atom. The van der Waals surface area contributed by atoms with Crippen LogP contribution in [0.3, 0.4) is 0 Å². The van der Waals surface area contributed by atoms with Gasteiger partial charge in [0, 0.05) is 26.4 Å². The van der Waals surface area contributed by atoms with E-state index in [9.17, 15) is 9.90 Å². The van der Waals surface area contributed by atoms with Gasteiger partial charge in [-0.25, -0.2) is 0 Å². The molecular formula is C10H18O4. The molecule has 0 aromatic heterocycles. The Kier molecular flexibility index (Phi) is 3.89. The molecule has 0 amide bonds. The summed E-state index contributed by atoms with van der Waals surface area (Å²) in [6, 6.07) is 0. The van der Waals surface area contributed by atoms with Crippen molar-refractivity contribution in [2.45, 2.75) is 44.3 Å². The lowest BCUT2D eigenvalue weighted by Gasteiger charge is -2.42. The summed E-state index contributed by atoms with van der Waals surface area (Å²) < 4.78 is 9.84. The van der Waals surface area contributed by atoms with Gasteiger partial charge in [0.2, 0.25) is 0 Å². The zero-order valence-corrected chi connectivity index (χ0v) is 8.78. The molecule has 1 aliphatic rings. The highest BCUT2D eigenvalue weighted by atomic mass is 16.5. The van der Waals surface area contributed by atoms with Gasteiger partial charge in [0.05, 0.1) is 18.3 Å². The van der Waals surface area contributed by atoms with E-state index in [1.807, 2.05) is 0 Å². The van der Waals surface area contributed by atoms with Gasteiger partial charge in [-0.1, -0.05) is 0 Å². The van der Waals surface area contributed by atoms with Crippen molar-refractivity contribution in [3.8, 4) is 0 Å². The van der Waals surface area contributed by atoms with Gasteiger partial charge in [-0.15, -0.1) is 0 Å². The second-order valence-electron chi connectivity index (χ2n) is 3.80. The lowest BCUT2D eigenvalue weighted by molar-refractivity contribution is -0.152. The highest BCUT2D eigenvalue weighted by Crippen LogP contribution is 2.37. The van der Waals surface area contributed by atoms with Gasteiger partial charge in [0.25, 0.3) is 0 Å². The highest BCUT2D eigenvalue weighted by molar-refractivity contribution is 5.69. The quantitative estimate of drug-likeness (QED) is 0.672. The van der Waals surface area contributed by atoms with E-state index < -0.39 is 5.60 Å². The fraction of sp³-hybridized carbons (Fsp3) is 0.900. The number of carbonyl (C=O) groups is 1. The van der Waals surface area contributed by atoms with E-state index in [0.29, 0.717) is 32.3 Å². The van der Waals surface area contributed by atoms with Crippen LogP contribution in [0.2, 0.25) is 0 Å². The predicted molar refractivity (Wildman–Crippen MR) is 50.8 cm³/mol. The van der Waals surface area contributed by atoms with Gasteiger partial charge >= 0.3 is 5.97 Å². The molecule has 1 aliphatic carbocycles. The Bertz CT molecular complexity index is 196. The van der Waals surface area contributed by atoms with E-state index in [1.54, 1.807) is 14.0 Å². The van der Waals surface area contributed by atoms with Gasteiger partial charge in [0.1, 0.15) is 0 Å². The van der Waals surface area contributed by atoms with Crippen molar-refractivity contribution in [2.24, 2.45) is 0 Å². The van der Waals surface area contributed by atoms with Gasteiger partial charge < -0.3 is 14.6 Å². The van der Waals surface area contributed by atoms with Gasteiger partial charge in [-0.2, -0.15) is 0 Å². The fourth-order valence-electron chi connectivity index (χ4n) is 1.73. The van der Waals surface area contributed by atoms with Crippen LogP contribution >= 0.6 is 0 Å². The molecule has 0 atom stereocenters. The molecule has 0 aromatic carbocycles. The second-order valence-corrected chi connectivity index (χ2v) is 3.80. The van der Waals surface area contributed by atoms with Crippen LogP contribution in [0.25, 0.3) is 0 Å². The Morgan fingerprint density at radius 2 is 2.21 bits per heavy atom. The second kappa shape index (κ2) is 4.75. The predicted octanol–water partition coefficient (Wildman–Crippen LogP) is 0.870. The zero-order valence-electron chi connectivity index (χ0n) is 8.78. The Morgan fingerprint density at radius 3 is 2.71 bits per heavy atom. The van der Waals surface area contributed by atoms with Crippen molar-refractivity contribution in [1.82, 2.24) is 0 Å². The Labute approximate surface area is 84.2 Å². The number of carbonyl (C=O) groups excluding carboxylic acids is 1. The number of hydrogen-bond acceptors (Lipinski definition) is 4. The van der Waals surface area contributed by atoms with Crippen LogP contribution < -0.4 is 0 Å². The van der Waals surface area contributed by atoms with Gasteiger partial charge in [-0.3, -0.25) is 4.79 Å². The molecule has 1 N–H and O–H groups in total. The van der Waals surface area contributed by atoms with Crippen LogP contribution in [0.15, 0.2) is 0 Å². The third-order valence-corrected chi connectivity index (χ3v) is 2.65. The van der Waals surface area contributed by atoms with Crippen molar-refractivity contribution in [3.05, 3.63) is 0 Å². The summed E-state index contributed by atoms with van der Waals surface area (Å²) in [4.78, 5) is 11.0. The molecule has 0 spiro atoms. The van der Waals surface area contributed by atoms with Crippen LogP contribution in [0, 0.1) is 0 Å². The Balaban J connectivity index is 2.16. The van der Waals surface area contributed by atoms with Crippen LogP contribution in [-0.2, 0) is 14.3 Å². The molecule has 4 nitrogen and oxygen atoms in total. The molecule has 1 saturated carbocycles. The Hall–Kier alpha value is -0.610. The van der Waals surface area contributed by atoms with E-state index >= 15 is 0 Å². The zero-order chi connectivity index (χ0) is 10.6. The first-order chi connectivity index (χ1) is 6.59. The normalized spacial score (nSPS) is 30.9. The largest absolute Gasteiger partial charge is 0.466 e. The molecule has 82 valence electrons. The van der Waals surface area contributed by atoms with Crippen molar-refractivity contribution in [2.75, 3.05) is 13.7 Å². The lowest BCUT2D eigenvalue weighted by atomic mass is 9.74. The van der Waals surface area contributed by atoms with Crippen LogP contribution in [0.1, 0.15) is 32.6 Å².